The van der Waals surface area contributed by atoms with Gasteiger partial charge in [0, 0.05) is 17.8 Å². The number of benzene rings is 3. The lowest BCUT2D eigenvalue weighted by atomic mass is 9.98. The van der Waals surface area contributed by atoms with Crippen LogP contribution in [0.4, 0.5) is 10.5 Å². The van der Waals surface area contributed by atoms with Crippen molar-refractivity contribution in [1.29, 1.82) is 0 Å². The van der Waals surface area contributed by atoms with Crippen molar-refractivity contribution >= 4 is 34.4 Å². The molecule has 3 aromatic rings. The van der Waals surface area contributed by atoms with E-state index in [-0.39, 0.29) is 12.5 Å². The first-order chi connectivity index (χ1) is 18.9. The fraction of sp³-hybridized carbons (Fsp3) is 0.303. The summed E-state index contributed by atoms with van der Waals surface area (Å²) in [5, 5.41) is 7.68. The number of amides is 3. The summed E-state index contributed by atoms with van der Waals surface area (Å²) in [4.78, 5) is 42.0. The topological polar surface area (TPSA) is 87.7 Å². The highest BCUT2D eigenvalue weighted by molar-refractivity contribution is 6.00. The van der Waals surface area contributed by atoms with Gasteiger partial charge in [0.1, 0.15) is 17.7 Å². The molecule has 2 unspecified atom stereocenters. The largest absolute Gasteiger partial charge is 0.444 e. The summed E-state index contributed by atoms with van der Waals surface area (Å²) in [5.74, 6) is 1.42. The number of nitrogens with zero attached hydrogens (tertiary/aromatic N) is 1. The summed E-state index contributed by atoms with van der Waals surface area (Å²) < 4.78 is 5.40. The Balaban J connectivity index is 2.01. The minimum absolute atomic E-state index is 0.0603. The first kappa shape index (κ1) is 30.0. The molecule has 0 spiro atoms. The zero-order valence-electron chi connectivity index (χ0n) is 23.7. The molecule has 3 rings (SSSR count). The third-order valence-electron chi connectivity index (χ3n) is 6.18. The van der Waals surface area contributed by atoms with Gasteiger partial charge in [-0.15, -0.1) is 13.0 Å². The smallest absolute Gasteiger partial charge is 0.408 e. The van der Waals surface area contributed by atoms with Crippen molar-refractivity contribution in [1.82, 2.24) is 10.2 Å². The molecule has 0 radical (unpaired) electrons. The highest BCUT2D eigenvalue weighted by Gasteiger charge is 2.37. The van der Waals surface area contributed by atoms with Gasteiger partial charge in [0.25, 0.3) is 5.91 Å². The van der Waals surface area contributed by atoms with Crippen LogP contribution in [0.15, 0.2) is 79.4 Å². The molecule has 0 aromatic heterocycles. The number of alkyl carbamates (subject to hydrolysis) is 1. The fourth-order valence-electron chi connectivity index (χ4n) is 4.30. The Labute approximate surface area is 236 Å². The highest BCUT2D eigenvalue weighted by Crippen LogP contribution is 2.27. The van der Waals surface area contributed by atoms with Gasteiger partial charge in [0.2, 0.25) is 5.91 Å². The molecular formula is C33H37N3O4. The van der Waals surface area contributed by atoms with Crippen molar-refractivity contribution in [2.75, 3.05) is 11.9 Å². The van der Waals surface area contributed by atoms with E-state index in [2.05, 4.69) is 23.1 Å². The second-order valence-electron chi connectivity index (χ2n) is 10.9. The average Bonchev–Trinajstić information content (AvgIpc) is 2.90. The predicted octanol–water partition coefficient (Wildman–Crippen LogP) is 6.06. The summed E-state index contributed by atoms with van der Waals surface area (Å²) in [5.41, 5.74) is 1.06. The number of terminal acetylenes is 1. The van der Waals surface area contributed by atoms with Crippen LogP contribution >= 0.6 is 0 Å². The van der Waals surface area contributed by atoms with Gasteiger partial charge in [-0.3, -0.25) is 9.59 Å². The minimum atomic E-state index is -1.04. The van der Waals surface area contributed by atoms with Crippen molar-refractivity contribution in [3.05, 3.63) is 90.5 Å². The van der Waals surface area contributed by atoms with Crippen LogP contribution in [-0.4, -0.2) is 41.0 Å². The molecule has 0 aliphatic carbocycles. The average molecular weight is 540 g/mol. The molecule has 40 heavy (non-hydrogen) atoms. The number of nitrogens with one attached hydrogen (secondary N) is 2. The Kier molecular flexibility index (Phi) is 9.73. The third-order valence-corrected chi connectivity index (χ3v) is 6.18. The third kappa shape index (κ3) is 7.73. The number of rotatable bonds is 9. The molecule has 7 heteroatoms. The highest BCUT2D eigenvalue weighted by atomic mass is 16.6. The molecule has 3 amide bonds. The molecule has 0 aliphatic heterocycles. The normalized spacial score (nSPS) is 12.6. The summed E-state index contributed by atoms with van der Waals surface area (Å²) in [6.45, 7) is 12.7. The van der Waals surface area contributed by atoms with Gasteiger partial charge in [-0.2, -0.15) is 0 Å². The van der Waals surface area contributed by atoms with Crippen molar-refractivity contribution in [3.63, 3.8) is 0 Å². The molecule has 7 nitrogen and oxygen atoms in total. The van der Waals surface area contributed by atoms with E-state index in [1.807, 2.05) is 56.3 Å². The van der Waals surface area contributed by atoms with E-state index < -0.39 is 35.6 Å². The van der Waals surface area contributed by atoms with Crippen molar-refractivity contribution in [2.45, 2.75) is 52.3 Å². The van der Waals surface area contributed by atoms with E-state index in [4.69, 9.17) is 11.2 Å². The van der Waals surface area contributed by atoms with E-state index in [0.29, 0.717) is 16.8 Å². The SMILES string of the molecule is C#Cc1ccc(C(C(=O)Nc2ccc3ccccc3c2)N(CC=C)C(=O)C(NC(=O)OC(C)(C)C)C(C)C)cc1. The molecule has 2 atom stereocenters. The maximum absolute atomic E-state index is 14.0. The van der Waals surface area contributed by atoms with E-state index in [9.17, 15) is 14.4 Å². The molecule has 0 heterocycles. The lowest BCUT2D eigenvalue weighted by Gasteiger charge is -2.35. The van der Waals surface area contributed by atoms with Crippen LogP contribution in [0.3, 0.4) is 0 Å². The van der Waals surface area contributed by atoms with Crippen LogP contribution in [0.25, 0.3) is 10.8 Å². The van der Waals surface area contributed by atoms with Gasteiger partial charge < -0.3 is 20.3 Å². The molecule has 0 saturated carbocycles. The Bertz CT molecular complexity index is 1410. The lowest BCUT2D eigenvalue weighted by molar-refractivity contribution is -0.141. The Morgan fingerprint density at radius 1 is 1.02 bits per heavy atom. The molecule has 0 saturated heterocycles. The Morgan fingerprint density at radius 3 is 2.25 bits per heavy atom. The van der Waals surface area contributed by atoms with Crippen LogP contribution in [0.1, 0.15) is 51.8 Å². The van der Waals surface area contributed by atoms with E-state index in [1.54, 1.807) is 51.1 Å². The van der Waals surface area contributed by atoms with Crippen LogP contribution in [-0.2, 0) is 14.3 Å². The number of hydrogen-bond donors (Lipinski definition) is 2. The second-order valence-corrected chi connectivity index (χ2v) is 10.9. The molecule has 2 N–H and O–H groups in total. The fourth-order valence-corrected chi connectivity index (χ4v) is 4.30. The minimum Gasteiger partial charge on any atom is -0.444 e. The number of fused-ring (bicyclic) bond motifs is 1. The van der Waals surface area contributed by atoms with E-state index in [1.165, 1.54) is 4.90 Å². The first-order valence-electron chi connectivity index (χ1n) is 13.2. The number of ether oxygens (including phenoxy) is 1. The first-order valence-corrected chi connectivity index (χ1v) is 13.2. The number of carbonyl (C=O) groups excluding carboxylic acids is 3. The molecule has 0 fully saturated rings. The van der Waals surface area contributed by atoms with Crippen LogP contribution in [0, 0.1) is 18.3 Å². The van der Waals surface area contributed by atoms with Crippen molar-refractivity contribution in [3.8, 4) is 12.3 Å². The van der Waals surface area contributed by atoms with Crippen molar-refractivity contribution in [2.24, 2.45) is 5.92 Å². The van der Waals surface area contributed by atoms with Crippen LogP contribution < -0.4 is 10.6 Å². The monoisotopic (exact) mass is 539 g/mol. The quantitative estimate of drug-likeness (QED) is 0.255. The van der Waals surface area contributed by atoms with Gasteiger partial charge in [-0.25, -0.2) is 4.79 Å². The lowest BCUT2D eigenvalue weighted by Crippen LogP contribution is -2.54. The van der Waals surface area contributed by atoms with Crippen LogP contribution in [0.5, 0.6) is 0 Å². The summed E-state index contributed by atoms with van der Waals surface area (Å²) in [6, 6.07) is 18.4. The Morgan fingerprint density at radius 2 is 1.68 bits per heavy atom. The summed E-state index contributed by atoms with van der Waals surface area (Å²) in [6.07, 6.45) is 6.38. The number of carbonyl (C=O) groups is 3. The van der Waals surface area contributed by atoms with Crippen molar-refractivity contribution < 1.29 is 19.1 Å². The summed E-state index contributed by atoms with van der Waals surface area (Å²) in [7, 11) is 0. The summed E-state index contributed by atoms with van der Waals surface area (Å²) >= 11 is 0. The maximum Gasteiger partial charge on any atom is 0.408 e. The van der Waals surface area contributed by atoms with E-state index >= 15 is 0 Å². The zero-order valence-corrected chi connectivity index (χ0v) is 23.7. The van der Waals surface area contributed by atoms with Gasteiger partial charge in [-0.1, -0.05) is 68.3 Å². The van der Waals surface area contributed by atoms with Gasteiger partial charge in [0.15, 0.2) is 0 Å². The number of hydrogen-bond acceptors (Lipinski definition) is 4. The zero-order chi connectivity index (χ0) is 29.4. The van der Waals surface area contributed by atoms with Gasteiger partial charge in [-0.05, 0) is 67.3 Å². The standard InChI is InChI=1S/C33H37N3O4/c1-8-20-36(31(38)28(22(3)4)35-32(39)40-33(5,6)7)29(25-16-14-23(9-2)15-17-25)30(37)34-27-19-18-24-12-10-11-13-26(24)21-27/h2,8,10-19,21-22,28-29H,1,20H2,3-7H3,(H,34,37)(H,35,39). The number of anilines is 1. The van der Waals surface area contributed by atoms with Crippen LogP contribution in [0.2, 0.25) is 0 Å². The molecular weight excluding hydrogens is 502 g/mol. The predicted molar refractivity (Wildman–Crippen MR) is 160 cm³/mol. The molecule has 0 bridgehead atoms. The van der Waals surface area contributed by atoms with Gasteiger partial charge in [0.05, 0.1) is 0 Å². The molecule has 208 valence electrons. The van der Waals surface area contributed by atoms with Gasteiger partial charge >= 0.3 is 6.09 Å². The Hall–Kier alpha value is -4.57. The van der Waals surface area contributed by atoms with E-state index in [0.717, 1.165) is 10.8 Å². The maximum atomic E-state index is 14.0. The molecule has 0 aliphatic rings. The second kappa shape index (κ2) is 13.0. The molecule has 3 aromatic carbocycles.